The topological polar surface area (TPSA) is 81.2 Å². The summed E-state index contributed by atoms with van der Waals surface area (Å²) in [6.07, 6.45) is 4.10. The van der Waals surface area contributed by atoms with Crippen LogP contribution in [-0.2, 0) is 6.61 Å². The number of furan rings is 1. The highest BCUT2D eigenvalue weighted by Crippen LogP contribution is 2.37. The summed E-state index contributed by atoms with van der Waals surface area (Å²) in [6.45, 7) is 5.49. The third kappa shape index (κ3) is 5.46. The fourth-order valence-corrected chi connectivity index (χ4v) is 5.30. The second kappa shape index (κ2) is 11.0. The Morgan fingerprint density at radius 2 is 1.97 bits per heavy atom. The first-order valence-corrected chi connectivity index (χ1v) is 13.6. The molecule has 0 fully saturated rings. The zero-order valence-corrected chi connectivity index (χ0v) is 23.6. The number of methoxy groups -OCH3 is 1. The van der Waals surface area contributed by atoms with Gasteiger partial charge < -0.3 is 23.7 Å². The zero-order chi connectivity index (χ0) is 26.8. The molecule has 1 atom stereocenters. The molecule has 0 radical (unpaired) electrons. The molecule has 9 nitrogen and oxygen atoms in total. The highest BCUT2D eigenvalue weighted by Gasteiger charge is 2.17. The van der Waals surface area contributed by atoms with Crippen LogP contribution in [0.15, 0.2) is 46.3 Å². The van der Waals surface area contributed by atoms with Crippen LogP contribution >= 0.6 is 11.3 Å². The second-order valence-corrected chi connectivity index (χ2v) is 10.5. The lowest BCUT2D eigenvalue weighted by Gasteiger charge is -2.25. The Balaban J connectivity index is 1.33. The van der Waals surface area contributed by atoms with Gasteiger partial charge in [-0.25, -0.2) is 14.5 Å². The van der Waals surface area contributed by atoms with E-state index in [4.69, 9.17) is 18.9 Å². The lowest BCUT2D eigenvalue weighted by Crippen LogP contribution is -2.31. The van der Waals surface area contributed by atoms with Gasteiger partial charge in [0.1, 0.15) is 29.4 Å². The number of benzene rings is 1. The number of nitrogens with zero attached hydrogens (tertiary/aromatic N) is 6. The van der Waals surface area contributed by atoms with Crippen LogP contribution in [-0.4, -0.2) is 65.3 Å². The highest BCUT2D eigenvalue weighted by molar-refractivity contribution is 7.13. The lowest BCUT2D eigenvalue weighted by atomic mass is 10.1. The summed E-state index contributed by atoms with van der Waals surface area (Å²) >= 11 is 1.64. The number of aromatic nitrogens is 4. The van der Waals surface area contributed by atoms with Crippen molar-refractivity contribution in [3.05, 3.63) is 53.3 Å². The average molecular weight is 535 g/mol. The van der Waals surface area contributed by atoms with Gasteiger partial charge in [-0.3, -0.25) is 0 Å². The molecule has 5 rings (SSSR count). The summed E-state index contributed by atoms with van der Waals surface area (Å²) in [4.78, 5) is 14.0. The first kappa shape index (κ1) is 26.0. The second-order valence-electron chi connectivity index (χ2n) is 9.70. The maximum absolute atomic E-state index is 6.25. The predicted octanol–water partition coefficient (Wildman–Crippen LogP) is 5.66. The van der Waals surface area contributed by atoms with Gasteiger partial charge in [0.2, 0.25) is 0 Å². The Labute approximate surface area is 226 Å². The van der Waals surface area contributed by atoms with Crippen molar-refractivity contribution in [2.24, 2.45) is 0 Å². The molecule has 0 aliphatic heterocycles. The van der Waals surface area contributed by atoms with Crippen molar-refractivity contribution in [1.82, 2.24) is 24.5 Å². The Bertz CT molecular complexity index is 1540. The number of rotatable bonds is 11. The standard InChI is InChI=1S/C28H34N6O3S/c1-7-20(32(3)4)10-11-33(5)28-29-19(17-38-28)16-36-24-12-21(35-6)13-25-22(24)14-26(37-25)23-15-34-27(30-23)9-8-18(2)31-34/h8-9,12-15,17,20H,7,10-11,16H2,1-6H3. The lowest BCUT2D eigenvalue weighted by molar-refractivity contribution is 0.273. The molecule has 5 aromatic rings. The number of ether oxygens (including phenoxy) is 2. The van der Waals surface area contributed by atoms with Crippen LogP contribution in [0.25, 0.3) is 28.1 Å². The summed E-state index contributed by atoms with van der Waals surface area (Å²) in [5.74, 6) is 1.97. The number of hydrogen-bond donors (Lipinski definition) is 0. The van der Waals surface area contributed by atoms with Crippen molar-refractivity contribution in [3.63, 3.8) is 0 Å². The van der Waals surface area contributed by atoms with Gasteiger partial charge in [0.05, 0.1) is 30.1 Å². The van der Waals surface area contributed by atoms with Gasteiger partial charge >= 0.3 is 0 Å². The van der Waals surface area contributed by atoms with Crippen LogP contribution in [0.3, 0.4) is 0 Å². The predicted molar refractivity (Wildman–Crippen MR) is 152 cm³/mol. The number of anilines is 1. The van der Waals surface area contributed by atoms with E-state index in [-0.39, 0.29) is 0 Å². The molecule has 0 spiro atoms. The van der Waals surface area contributed by atoms with E-state index in [1.807, 2.05) is 43.5 Å². The van der Waals surface area contributed by atoms with E-state index >= 15 is 0 Å². The molecule has 10 heteroatoms. The molecule has 1 aromatic carbocycles. The minimum Gasteiger partial charge on any atom is -0.496 e. The van der Waals surface area contributed by atoms with E-state index in [0.717, 1.165) is 46.9 Å². The number of aryl methyl sites for hydroxylation is 1. The zero-order valence-electron chi connectivity index (χ0n) is 22.8. The maximum atomic E-state index is 6.25. The summed E-state index contributed by atoms with van der Waals surface area (Å²) in [5.41, 5.74) is 3.94. The molecule has 4 heterocycles. The molecule has 0 saturated heterocycles. The maximum Gasteiger partial charge on any atom is 0.185 e. The summed E-state index contributed by atoms with van der Waals surface area (Å²) in [6, 6.07) is 10.1. The van der Waals surface area contributed by atoms with E-state index < -0.39 is 0 Å². The molecular formula is C28H34N6O3S. The first-order valence-electron chi connectivity index (χ1n) is 12.7. The Morgan fingerprint density at radius 1 is 1.13 bits per heavy atom. The SMILES string of the molecule is CCC(CCN(C)c1nc(COc2cc(OC)cc3oc(-c4cn5nc(C)ccc5n4)cc23)cs1)N(C)C. The monoisotopic (exact) mass is 534 g/mol. The molecule has 38 heavy (non-hydrogen) atoms. The van der Waals surface area contributed by atoms with Crippen LogP contribution in [0.1, 0.15) is 31.2 Å². The molecule has 200 valence electrons. The van der Waals surface area contributed by atoms with Crippen molar-refractivity contribution < 1.29 is 13.9 Å². The van der Waals surface area contributed by atoms with E-state index in [1.54, 1.807) is 23.0 Å². The van der Waals surface area contributed by atoms with Gasteiger partial charge in [-0.05, 0) is 52.1 Å². The summed E-state index contributed by atoms with van der Waals surface area (Å²) in [5, 5.41) is 8.39. The fourth-order valence-electron chi connectivity index (χ4n) is 4.50. The number of imidazole rings is 1. The van der Waals surface area contributed by atoms with Crippen molar-refractivity contribution in [2.75, 3.05) is 39.7 Å². The minimum atomic E-state index is 0.347. The quantitative estimate of drug-likeness (QED) is 0.215. The average Bonchev–Trinajstić information content (AvgIpc) is 3.64. The summed E-state index contributed by atoms with van der Waals surface area (Å²) in [7, 11) is 8.01. The van der Waals surface area contributed by atoms with Gasteiger partial charge in [0.15, 0.2) is 16.5 Å². The van der Waals surface area contributed by atoms with Crippen molar-refractivity contribution in [3.8, 4) is 23.0 Å². The Hall–Kier alpha value is -3.63. The molecule has 0 N–H and O–H groups in total. The summed E-state index contributed by atoms with van der Waals surface area (Å²) < 4.78 is 19.7. The van der Waals surface area contributed by atoms with Gasteiger partial charge in [-0.1, -0.05) is 6.92 Å². The van der Waals surface area contributed by atoms with E-state index in [1.165, 1.54) is 0 Å². The Kier molecular flexibility index (Phi) is 7.53. The van der Waals surface area contributed by atoms with Gasteiger partial charge in [-0.2, -0.15) is 5.10 Å². The minimum absolute atomic E-state index is 0.347. The van der Waals surface area contributed by atoms with Gasteiger partial charge in [0.25, 0.3) is 0 Å². The van der Waals surface area contributed by atoms with Crippen molar-refractivity contribution in [1.29, 1.82) is 0 Å². The van der Waals surface area contributed by atoms with Crippen LogP contribution < -0.4 is 14.4 Å². The number of hydrogen-bond acceptors (Lipinski definition) is 9. The third-order valence-electron chi connectivity index (χ3n) is 6.76. The molecule has 0 amide bonds. The van der Waals surface area contributed by atoms with Gasteiger partial charge in [0, 0.05) is 37.1 Å². The van der Waals surface area contributed by atoms with E-state index in [2.05, 4.69) is 53.3 Å². The van der Waals surface area contributed by atoms with Crippen LogP contribution in [0.2, 0.25) is 0 Å². The fraction of sp³-hybridized carbons (Fsp3) is 0.393. The number of thiazole rings is 1. The smallest absolute Gasteiger partial charge is 0.185 e. The normalized spacial score (nSPS) is 12.5. The molecule has 0 bridgehead atoms. The molecule has 0 aliphatic carbocycles. The van der Waals surface area contributed by atoms with Gasteiger partial charge in [-0.15, -0.1) is 11.3 Å². The molecule has 4 aromatic heterocycles. The van der Waals surface area contributed by atoms with E-state index in [9.17, 15) is 0 Å². The van der Waals surface area contributed by atoms with Crippen molar-refractivity contribution >= 4 is 33.1 Å². The van der Waals surface area contributed by atoms with E-state index in [0.29, 0.717) is 41.2 Å². The number of fused-ring (bicyclic) bond motifs is 2. The molecular weight excluding hydrogens is 500 g/mol. The molecule has 1 unspecified atom stereocenters. The highest BCUT2D eigenvalue weighted by atomic mass is 32.1. The van der Waals surface area contributed by atoms with Crippen LogP contribution in [0.5, 0.6) is 11.5 Å². The molecule has 0 aliphatic rings. The third-order valence-corrected chi connectivity index (χ3v) is 7.76. The van der Waals surface area contributed by atoms with Crippen molar-refractivity contribution in [2.45, 2.75) is 39.3 Å². The van der Waals surface area contributed by atoms with Crippen LogP contribution in [0.4, 0.5) is 5.13 Å². The Morgan fingerprint density at radius 3 is 2.74 bits per heavy atom. The molecule has 0 saturated carbocycles. The largest absolute Gasteiger partial charge is 0.496 e. The first-order chi connectivity index (χ1) is 18.3. The van der Waals surface area contributed by atoms with Crippen LogP contribution in [0, 0.1) is 6.92 Å².